The molecule has 0 fully saturated rings. The number of anilines is 2. The Hall–Kier alpha value is -2.55. The first kappa shape index (κ1) is 14.9. The number of aromatic nitrogens is 1. The Bertz CT molecular complexity index is 680. The molecule has 0 bridgehead atoms. The second kappa shape index (κ2) is 6.27. The number of pyridine rings is 1. The number of hydrogen-bond donors (Lipinski definition) is 1. The summed E-state index contributed by atoms with van der Waals surface area (Å²) in [6, 6.07) is 9.10. The van der Waals surface area contributed by atoms with E-state index in [4.69, 9.17) is 5.26 Å². The fraction of sp³-hybridized carbons (Fsp3) is 0.200. The molecule has 2 aromatic rings. The Labute approximate surface area is 120 Å². The van der Waals surface area contributed by atoms with E-state index in [0.29, 0.717) is 11.4 Å². The predicted octanol–water partition coefficient (Wildman–Crippen LogP) is 4.28. The van der Waals surface area contributed by atoms with Crippen molar-refractivity contribution in [3.8, 4) is 6.07 Å². The van der Waals surface area contributed by atoms with Crippen molar-refractivity contribution < 1.29 is 13.2 Å². The van der Waals surface area contributed by atoms with Crippen LogP contribution in [0.3, 0.4) is 0 Å². The Morgan fingerprint density at radius 3 is 2.57 bits per heavy atom. The molecule has 0 saturated carbocycles. The highest BCUT2D eigenvalue weighted by atomic mass is 19.3. The van der Waals surface area contributed by atoms with Gasteiger partial charge in [-0.1, -0.05) is 6.07 Å². The van der Waals surface area contributed by atoms with Gasteiger partial charge in [-0.25, -0.2) is 13.2 Å². The smallest absolute Gasteiger partial charge is 0.273 e. The van der Waals surface area contributed by atoms with E-state index >= 15 is 0 Å². The highest BCUT2D eigenvalue weighted by Crippen LogP contribution is 2.30. The lowest BCUT2D eigenvalue weighted by atomic mass is 10.1. The molecule has 21 heavy (non-hydrogen) atoms. The summed E-state index contributed by atoms with van der Waals surface area (Å²) in [5, 5.41) is 12.0. The largest absolute Gasteiger partial charge is 0.353 e. The fourth-order valence-corrected chi connectivity index (χ4v) is 1.84. The van der Waals surface area contributed by atoms with Crippen molar-refractivity contribution in [2.75, 3.05) is 5.32 Å². The van der Waals surface area contributed by atoms with Crippen LogP contribution in [0, 0.1) is 18.3 Å². The molecule has 1 unspecified atom stereocenters. The fourth-order valence-electron chi connectivity index (χ4n) is 1.84. The molecule has 2 rings (SSSR count). The zero-order valence-electron chi connectivity index (χ0n) is 11.1. The average Bonchev–Trinajstić information content (AvgIpc) is 2.48. The van der Waals surface area contributed by atoms with Crippen molar-refractivity contribution >= 4 is 11.4 Å². The van der Waals surface area contributed by atoms with Crippen LogP contribution >= 0.6 is 0 Å². The lowest BCUT2D eigenvalue weighted by molar-refractivity contribution is 0.0496. The van der Waals surface area contributed by atoms with Crippen molar-refractivity contribution in [3.05, 3.63) is 53.3 Å². The maximum absolute atomic E-state index is 13.4. The van der Waals surface area contributed by atoms with Gasteiger partial charge in [-0.15, -0.1) is 0 Å². The number of halogens is 3. The minimum Gasteiger partial charge on any atom is -0.353 e. The Morgan fingerprint density at radius 2 is 1.95 bits per heavy atom. The number of nitrogens with one attached hydrogen (secondary N) is 1. The van der Waals surface area contributed by atoms with Gasteiger partial charge in [0, 0.05) is 6.20 Å². The zero-order chi connectivity index (χ0) is 15.4. The predicted molar refractivity (Wildman–Crippen MR) is 73.3 cm³/mol. The first-order valence-corrected chi connectivity index (χ1v) is 6.18. The Morgan fingerprint density at radius 1 is 1.19 bits per heavy atom. The van der Waals surface area contributed by atoms with Gasteiger partial charge >= 0.3 is 0 Å². The number of nitriles is 1. The first-order valence-electron chi connectivity index (χ1n) is 6.18. The van der Waals surface area contributed by atoms with Gasteiger partial charge in [0.2, 0.25) is 0 Å². The van der Waals surface area contributed by atoms with Crippen LogP contribution in [-0.2, 0) is 0 Å². The van der Waals surface area contributed by atoms with Crippen molar-refractivity contribution in [3.63, 3.8) is 0 Å². The van der Waals surface area contributed by atoms with Gasteiger partial charge in [0.25, 0.3) is 6.43 Å². The third kappa shape index (κ3) is 3.31. The molecule has 0 amide bonds. The monoisotopic (exact) mass is 291 g/mol. The van der Waals surface area contributed by atoms with E-state index in [2.05, 4.69) is 10.3 Å². The second-order valence-corrected chi connectivity index (χ2v) is 4.41. The van der Waals surface area contributed by atoms with Gasteiger partial charge in [0.1, 0.15) is 6.07 Å². The van der Waals surface area contributed by atoms with Gasteiger partial charge in [-0.05, 0) is 36.8 Å². The van der Waals surface area contributed by atoms with Crippen molar-refractivity contribution in [1.29, 1.82) is 5.26 Å². The minimum absolute atomic E-state index is 0.173. The summed E-state index contributed by atoms with van der Waals surface area (Å²) in [7, 11) is 0. The Balaban J connectivity index is 2.40. The molecular formula is C15H12F3N3. The van der Waals surface area contributed by atoms with E-state index in [1.54, 1.807) is 25.3 Å². The van der Waals surface area contributed by atoms with Crippen molar-refractivity contribution in [2.24, 2.45) is 0 Å². The van der Waals surface area contributed by atoms with Crippen LogP contribution in [0.2, 0.25) is 0 Å². The molecule has 1 N–H and O–H groups in total. The number of aryl methyl sites for hydroxylation is 1. The molecule has 0 aliphatic rings. The molecular weight excluding hydrogens is 279 g/mol. The third-order valence-corrected chi connectivity index (χ3v) is 2.98. The highest BCUT2D eigenvalue weighted by Gasteiger charge is 2.22. The number of alkyl halides is 3. The van der Waals surface area contributed by atoms with Crippen LogP contribution in [0.1, 0.15) is 23.0 Å². The molecule has 0 aliphatic heterocycles. The van der Waals surface area contributed by atoms with Crippen molar-refractivity contribution in [1.82, 2.24) is 4.98 Å². The minimum atomic E-state index is -3.11. The van der Waals surface area contributed by atoms with Crippen LogP contribution < -0.4 is 5.32 Å². The van der Waals surface area contributed by atoms with Crippen LogP contribution in [0.5, 0.6) is 0 Å². The van der Waals surface area contributed by atoms with E-state index in [1.807, 2.05) is 6.07 Å². The SMILES string of the molecule is Cc1ncccc1Nc1cc(C(F)C(F)F)ccc1C#N. The normalized spacial score (nSPS) is 12.0. The highest BCUT2D eigenvalue weighted by molar-refractivity contribution is 5.68. The molecule has 0 aliphatic carbocycles. The summed E-state index contributed by atoms with van der Waals surface area (Å²) in [6.45, 7) is 1.76. The van der Waals surface area contributed by atoms with E-state index in [9.17, 15) is 13.2 Å². The number of nitrogens with zero attached hydrogens (tertiary/aromatic N) is 2. The summed E-state index contributed by atoms with van der Waals surface area (Å²) >= 11 is 0. The average molecular weight is 291 g/mol. The molecule has 0 radical (unpaired) electrons. The number of rotatable bonds is 4. The van der Waals surface area contributed by atoms with Gasteiger partial charge < -0.3 is 5.32 Å². The van der Waals surface area contributed by atoms with E-state index in [-0.39, 0.29) is 16.8 Å². The molecule has 108 valence electrons. The standard InChI is InChI=1S/C15H12F3N3/c1-9-12(3-2-6-20-9)21-13-7-10(14(16)15(17)18)4-5-11(13)8-19/h2-7,14-15,21H,1H3. The lowest BCUT2D eigenvalue weighted by Crippen LogP contribution is -2.05. The van der Waals surface area contributed by atoms with E-state index < -0.39 is 12.6 Å². The summed E-state index contributed by atoms with van der Waals surface area (Å²) in [5.41, 5.74) is 1.64. The molecule has 6 heteroatoms. The molecule has 1 heterocycles. The maximum Gasteiger partial charge on any atom is 0.273 e. The van der Waals surface area contributed by atoms with Crippen LogP contribution in [0.15, 0.2) is 36.5 Å². The zero-order valence-corrected chi connectivity index (χ0v) is 11.1. The summed E-state index contributed by atoms with van der Waals surface area (Å²) in [5.74, 6) is 0. The lowest BCUT2D eigenvalue weighted by Gasteiger charge is -2.13. The topological polar surface area (TPSA) is 48.7 Å². The van der Waals surface area contributed by atoms with Gasteiger partial charge in [0.15, 0.2) is 6.17 Å². The first-order chi connectivity index (χ1) is 10.0. The summed E-state index contributed by atoms with van der Waals surface area (Å²) in [4.78, 5) is 4.08. The Kier molecular flexibility index (Phi) is 4.43. The van der Waals surface area contributed by atoms with Crippen LogP contribution in [-0.4, -0.2) is 11.4 Å². The third-order valence-electron chi connectivity index (χ3n) is 2.98. The van der Waals surface area contributed by atoms with Gasteiger partial charge in [-0.2, -0.15) is 5.26 Å². The molecule has 1 aromatic carbocycles. The van der Waals surface area contributed by atoms with Crippen molar-refractivity contribution in [2.45, 2.75) is 19.5 Å². The molecule has 1 atom stereocenters. The van der Waals surface area contributed by atoms with Crippen LogP contribution in [0.25, 0.3) is 0 Å². The summed E-state index contributed by atoms with van der Waals surface area (Å²) in [6.07, 6.45) is -3.88. The van der Waals surface area contributed by atoms with E-state index in [0.717, 1.165) is 0 Å². The van der Waals surface area contributed by atoms with Gasteiger partial charge in [-0.3, -0.25) is 4.98 Å². The maximum atomic E-state index is 13.4. The number of hydrogen-bond acceptors (Lipinski definition) is 3. The second-order valence-electron chi connectivity index (χ2n) is 4.41. The molecule has 0 spiro atoms. The number of benzene rings is 1. The van der Waals surface area contributed by atoms with E-state index in [1.165, 1.54) is 18.2 Å². The van der Waals surface area contributed by atoms with Gasteiger partial charge in [0.05, 0.1) is 22.6 Å². The molecule has 3 nitrogen and oxygen atoms in total. The quantitative estimate of drug-likeness (QED) is 0.914. The molecule has 0 saturated heterocycles. The van der Waals surface area contributed by atoms with Crippen LogP contribution in [0.4, 0.5) is 24.5 Å². The summed E-state index contributed by atoms with van der Waals surface area (Å²) < 4.78 is 38.3. The molecule has 1 aromatic heterocycles.